The summed E-state index contributed by atoms with van der Waals surface area (Å²) in [5.74, 6) is -0.525. The standard InChI is InChI=1S/C19H23N3O2/c1-19(2,17(23)21-13-16-11-7-8-12-20-16)18(24)22(3)14-15-9-5-4-6-10-15/h4-12H,13-14H2,1-3H3,(H,21,23). The third kappa shape index (κ3) is 4.41. The molecular formula is C19H23N3O2. The predicted octanol–water partition coefficient (Wildman–Crippen LogP) is 2.38. The van der Waals surface area contributed by atoms with Crippen LogP contribution in [-0.2, 0) is 22.7 Å². The SMILES string of the molecule is CN(Cc1ccccc1)C(=O)C(C)(C)C(=O)NCc1ccccn1. The van der Waals surface area contributed by atoms with Crippen molar-refractivity contribution in [3.8, 4) is 0 Å². The molecule has 0 aliphatic rings. The number of hydrogen-bond donors (Lipinski definition) is 1. The van der Waals surface area contributed by atoms with Crippen molar-refractivity contribution in [1.29, 1.82) is 0 Å². The van der Waals surface area contributed by atoms with Crippen molar-refractivity contribution in [3.63, 3.8) is 0 Å². The van der Waals surface area contributed by atoms with E-state index in [1.807, 2.05) is 48.5 Å². The maximum atomic E-state index is 12.7. The highest BCUT2D eigenvalue weighted by atomic mass is 16.2. The number of hydrogen-bond acceptors (Lipinski definition) is 3. The molecule has 0 bridgehead atoms. The second-order valence-corrected chi connectivity index (χ2v) is 6.28. The zero-order valence-electron chi connectivity index (χ0n) is 14.3. The van der Waals surface area contributed by atoms with Crippen molar-refractivity contribution in [2.24, 2.45) is 5.41 Å². The quantitative estimate of drug-likeness (QED) is 0.830. The molecule has 1 aromatic carbocycles. The lowest BCUT2D eigenvalue weighted by molar-refractivity contribution is -0.148. The van der Waals surface area contributed by atoms with Gasteiger partial charge in [0.1, 0.15) is 5.41 Å². The number of amides is 2. The fraction of sp³-hybridized carbons (Fsp3) is 0.316. The van der Waals surface area contributed by atoms with Gasteiger partial charge in [-0.1, -0.05) is 36.4 Å². The molecule has 0 fully saturated rings. The van der Waals surface area contributed by atoms with Gasteiger partial charge in [0.25, 0.3) is 0 Å². The van der Waals surface area contributed by atoms with Crippen LogP contribution < -0.4 is 5.32 Å². The smallest absolute Gasteiger partial charge is 0.237 e. The molecule has 5 nitrogen and oxygen atoms in total. The Labute approximate surface area is 142 Å². The van der Waals surface area contributed by atoms with E-state index in [4.69, 9.17) is 0 Å². The van der Waals surface area contributed by atoms with Crippen LogP contribution in [0.1, 0.15) is 25.1 Å². The summed E-state index contributed by atoms with van der Waals surface area (Å²) in [6.07, 6.45) is 1.67. The topological polar surface area (TPSA) is 62.3 Å². The number of aromatic nitrogens is 1. The molecule has 0 saturated heterocycles. The summed E-state index contributed by atoms with van der Waals surface area (Å²) in [4.78, 5) is 30.9. The molecule has 2 aromatic rings. The minimum Gasteiger partial charge on any atom is -0.350 e. The highest BCUT2D eigenvalue weighted by molar-refractivity contribution is 6.04. The second kappa shape index (κ2) is 7.73. The number of pyridine rings is 1. The molecule has 0 aliphatic heterocycles. The van der Waals surface area contributed by atoms with Crippen LogP contribution in [0.3, 0.4) is 0 Å². The van der Waals surface area contributed by atoms with E-state index in [-0.39, 0.29) is 11.8 Å². The highest BCUT2D eigenvalue weighted by Gasteiger charge is 2.37. The van der Waals surface area contributed by atoms with Crippen molar-refractivity contribution < 1.29 is 9.59 Å². The number of nitrogens with zero attached hydrogens (tertiary/aromatic N) is 2. The summed E-state index contributed by atoms with van der Waals surface area (Å²) >= 11 is 0. The molecule has 1 N–H and O–H groups in total. The van der Waals surface area contributed by atoms with Gasteiger partial charge in [-0.25, -0.2) is 0 Å². The van der Waals surface area contributed by atoms with E-state index in [0.29, 0.717) is 13.1 Å². The number of nitrogens with one attached hydrogen (secondary N) is 1. The first-order valence-corrected chi connectivity index (χ1v) is 7.89. The maximum Gasteiger partial charge on any atom is 0.237 e. The molecule has 2 amide bonds. The Morgan fingerprint density at radius 3 is 2.38 bits per heavy atom. The third-order valence-electron chi connectivity index (χ3n) is 3.87. The van der Waals surface area contributed by atoms with E-state index < -0.39 is 5.41 Å². The summed E-state index contributed by atoms with van der Waals surface area (Å²) < 4.78 is 0. The number of rotatable bonds is 6. The Morgan fingerprint density at radius 1 is 1.08 bits per heavy atom. The fourth-order valence-corrected chi connectivity index (χ4v) is 2.40. The molecular weight excluding hydrogens is 302 g/mol. The van der Waals surface area contributed by atoms with Crippen LogP contribution in [-0.4, -0.2) is 28.7 Å². The van der Waals surface area contributed by atoms with E-state index in [9.17, 15) is 9.59 Å². The van der Waals surface area contributed by atoms with Crippen LogP contribution in [0.2, 0.25) is 0 Å². The zero-order chi connectivity index (χ0) is 17.6. The molecule has 0 aliphatic carbocycles. The van der Waals surface area contributed by atoms with Crippen LogP contribution in [0, 0.1) is 5.41 Å². The van der Waals surface area contributed by atoms with Crippen LogP contribution >= 0.6 is 0 Å². The Kier molecular flexibility index (Phi) is 5.68. The van der Waals surface area contributed by atoms with Crippen LogP contribution in [0.15, 0.2) is 54.7 Å². The monoisotopic (exact) mass is 325 g/mol. The second-order valence-electron chi connectivity index (χ2n) is 6.28. The first kappa shape index (κ1) is 17.7. The minimum absolute atomic E-state index is 0.218. The summed E-state index contributed by atoms with van der Waals surface area (Å²) in [5, 5.41) is 2.79. The van der Waals surface area contributed by atoms with Gasteiger partial charge in [0.05, 0.1) is 12.2 Å². The van der Waals surface area contributed by atoms with Gasteiger partial charge in [-0.15, -0.1) is 0 Å². The van der Waals surface area contributed by atoms with Crippen LogP contribution in [0.4, 0.5) is 0 Å². The summed E-state index contributed by atoms with van der Waals surface area (Å²) in [6, 6.07) is 15.2. The molecule has 126 valence electrons. The van der Waals surface area contributed by atoms with Gasteiger partial charge < -0.3 is 10.2 Å². The van der Waals surface area contributed by atoms with Gasteiger partial charge in [-0.3, -0.25) is 14.6 Å². The van der Waals surface area contributed by atoms with Gasteiger partial charge in [-0.05, 0) is 31.5 Å². The first-order valence-electron chi connectivity index (χ1n) is 7.89. The Balaban J connectivity index is 1.96. The van der Waals surface area contributed by atoms with Crippen molar-refractivity contribution in [1.82, 2.24) is 15.2 Å². The molecule has 5 heteroatoms. The number of carbonyl (C=O) groups is 2. The normalized spacial score (nSPS) is 11.0. The number of benzene rings is 1. The van der Waals surface area contributed by atoms with E-state index in [2.05, 4.69) is 10.3 Å². The average Bonchev–Trinajstić information content (AvgIpc) is 2.60. The van der Waals surface area contributed by atoms with Crippen molar-refractivity contribution in [3.05, 3.63) is 66.0 Å². The van der Waals surface area contributed by atoms with Crippen molar-refractivity contribution in [2.75, 3.05) is 7.05 Å². The third-order valence-corrected chi connectivity index (χ3v) is 3.87. The van der Waals surface area contributed by atoms with Crippen LogP contribution in [0.5, 0.6) is 0 Å². The lowest BCUT2D eigenvalue weighted by atomic mass is 9.90. The van der Waals surface area contributed by atoms with Gasteiger partial charge in [0.2, 0.25) is 11.8 Å². The predicted molar refractivity (Wildman–Crippen MR) is 92.8 cm³/mol. The molecule has 1 heterocycles. The zero-order valence-corrected chi connectivity index (χ0v) is 14.3. The van der Waals surface area contributed by atoms with Crippen LogP contribution in [0.25, 0.3) is 0 Å². The first-order chi connectivity index (χ1) is 11.4. The van der Waals surface area contributed by atoms with Gasteiger partial charge >= 0.3 is 0 Å². The molecule has 2 rings (SSSR count). The molecule has 0 radical (unpaired) electrons. The Hall–Kier alpha value is -2.69. The summed E-state index contributed by atoms with van der Waals surface area (Å²) in [7, 11) is 1.71. The molecule has 0 unspecified atom stereocenters. The number of carbonyl (C=O) groups excluding carboxylic acids is 2. The molecule has 0 atom stereocenters. The minimum atomic E-state index is -1.14. The highest BCUT2D eigenvalue weighted by Crippen LogP contribution is 2.20. The van der Waals surface area contributed by atoms with E-state index in [0.717, 1.165) is 11.3 Å². The Morgan fingerprint density at radius 2 is 1.75 bits per heavy atom. The maximum absolute atomic E-state index is 12.7. The lowest BCUT2D eigenvalue weighted by Crippen LogP contribution is -2.48. The van der Waals surface area contributed by atoms with E-state index >= 15 is 0 Å². The van der Waals surface area contributed by atoms with E-state index in [1.165, 1.54) is 0 Å². The average molecular weight is 325 g/mol. The Bertz CT molecular complexity index is 684. The largest absolute Gasteiger partial charge is 0.350 e. The lowest BCUT2D eigenvalue weighted by Gasteiger charge is -2.28. The molecule has 1 aromatic heterocycles. The fourth-order valence-electron chi connectivity index (χ4n) is 2.40. The molecule has 0 saturated carbocycles. The van der Waals surface area contributed by atoms with Crippen molar-refractivity contribution in [2.45, 2.75) is 26.9 Å². The summed E-state index contributed by atoms with van der Waals surface area (Å²) in [6.45, 7) is 4.06. The van der Waals surface area contributed by atoms with Gasteiger partial charge in [-0.2, -0.15) is 0 Å². The molecule has 0 spiro atoms. The van der Waals surface area contributed by atoms with Gasteiger partial charge in [0, 0.05) is 19.8 Å². The van der Waals surface area contributed by atoms with Crippen molar-refractivity contribution >= 4 is 11.8 Å². The molecule has 24 heavy (non-hydrogen) atoms. The summed E-state index contributed by atoms with van der Waals surface area (Å²) in [5.41, 5.74) is 0.642. The van der Waals surface area contributed by atoms with E-state index in [1.54, 1.807) is 32.0 Å². The van der Waals surface area contributed by atoms with Gasteiger partial charge in [0.15, 0.2) is 0 Å².